The summed E-state index contributed by atoms with van der Waals surface area (Å²) >= 11 is 6.03. The molecule has 2 aromatic carbocycles. The first-order chi connectivity index (χ1) is 11.8. The van der Waals surface area contributed by atoms with Gasteiger partial charge in [-0.1, -0.05) is 54.1 Å². The van der Waals surface area contributed by atoms with Crippen molar-refractivity contribution in [2.24, 2.45) is 0 Å². The second-order valence-electron chi connectivity index (χ2n) is 5.88. The van der Waals surface area contributed by atoms with Gasteiger partial charge in [-0.3, -0.25) is 0 Å². The van der Waals surface area contributed by atoms with E-state index < -0.39 is 0 Å². The molecule has 0 saturated heterocycles. The standard InChI is InChI=1S/C20H22ClN3/c21-18-11-9-17(10-12-18)20(16-6-2-1-3-7-16)23-13-5-4-8-19-14-22-15-24-19/h1-3,6-7,9-12,14-15,20,23H,4-5,8,13H2,(H,22,24). The van der Waals surface area contributed by atoms with Crippen molar-refractivity contribution in [3.05, 3.63) is 89.0 Å². The lowest BCUT2D eigenvalue weighted by molar-refractivity contribution is 0.567. The lowest BCUT2D eigenvalue weighted by atomic mass is 9.98. The topological polar surface area (TPSA) is 40.7 Å². The Balaban J connectivity index is 1.59. The Morgan fingerprint density at radius 2 is 1.71 bits per heavy atom. The van der Waals surface area contributed by atoms with E-state index in [4.69, 9.17) is 11.6 Å². The van der Waals surface area contributed by atoms with Gasteiger partial charge >= 0.3 is 0 Å². The molecule has 0 saturated carbocycles. The van der Waals surface area contributed by atoms with Crippen LogP contribution in [0.5, 0.6) is 0 Å². The highest BCUT2D eigenvalue weighted by Crippen LogP contribution is 2.23. The van der Waals surface area contributed by atoms with Crippen LogP contribution in [0.2, 0.25) is 5.02 Å². The molecule has 0 bridgehead atoms. The molecule has 1 atom stereocenters. The number of unbranched alkanes of at least 4 members (excludes halogenated alkanes) is 1. The predicted octanol–water partition coefficient (Wildman–Crippen LogP) is 4.77. The minimum Gasteiger partial charge on any atom is -0.348 e. The average Bonchev–Trinajstić information content (AvgIpc) is 3.13. The van der Waals surface area contributed by atoms with Crippen LogP contribution in [0, 0.1) is 0 Å². The Morgan fingerprint density at radius 1 is 0.958 bits per heavy atom. The van der Waals surface area contributed by atoms with Crippen LogP contribution >= 0.6 is 11.6 Å². The number of aryl methyl sites for hydroxylation is 1. The van der Waals surface area contributed by atoms with E-state index in [-0.39, 0.29) is 6.04 Å². The number of imidazole rings is 1. The van der Waals surface area contributed by atoms with Crippen molar-refractivity contribution in [2.45, 2.75) is 25.3 Å². The summed E-state index contributed by atoms with van der Waals surface area (Å²) in [6.07, 6.45) is 6.93. The number of benzene rings is 2. The summed E-state index contributed by atoms with van der Waals surface area (Å²) < 4.78 is 0. The SMILES string of the molecule is Clc1ccc(C(NCCCCc2cnc[nH]2)c2ccccc2)cc1. The van der Waals surface area contributed by atoms with Crippen molar-refractivity contribution >= 4 is 11.6 Å². The second-order valence-corrected chi connectivity index (χ2v) is 6.32. The third kappa shape index (κ3) is 4.70. The molecule has 0 radical (unpaired) electrons. The maximum Gasteiger partial charge on any atom is 0.0921 e. The largest absolute Gasteiger partial charge is 0.348 e. The number of halogens is 1. The smallest absolute Gasteiger partial charge is 0.0921 e. The minimum atomic E-state index is 0.190. The van der Waals surface area contributed by atoms with Gasteiger partial charge in [0.05, 0.1) is 12.4 Å². The maximum absolute atomic E-state index is 6.03. The molecule has 0 spiro atoms. The second kappa shape index (κ2) is 8.67. The fourth-order valence-electron chi connectivity index (χ4n) is 2.84. The van der Waals surface area contributed by atoms with Gasteiger partial charge in [0.25, 0.3) is 0 Å². The van der Waals surface area contributed by atoms with Gasteiger partial charge in [0.15, 0.2) is 0 Å². The number of hydrogen-bond acceptors (Lipinski definition) is 2. The van der Waals surface area contributed by atoms with Crippen LogP contribution in [-0.4, -0.2) is 16.5 Å². The third-order valence-electron chi connectivity index (χ3n) is 4.11. The minimum absolute atomic E-state index is 0.190. The molecule has 1 aromatic heterocycles. The van der Waals surface area contributed by atoms with Gasteiger partial charge < -0.3 is 10.3 Å². The molecule has 0 aliphatic carbocycles. The lowest BCUT2D eigenvalue weighted by Crippen LogP contribution is -2.23. The Morgan fingerprint density at radius 3 is 2.42 bits per heavy atom. The number of aromatic nitrogens is 2. The molecule has 3 nitrogen and oxygen atoms in total. The van der Waals surface area contributed by atoms with Crippen molar-refractivity contribution in [3.63, 3.8) is 0 Å². The number of H-pyrrole nitrogens is 1. The van der Waals surface area contributed by atoms with E-state index in [1.54, 1.807) is 6.33 Å². The third-order valence-corrected chi connectivity index (χ3v) is 4.36. The van der Waals surface area contributed by atoms with E-state index in [1.165, 1.54) is 16.8 Å². The summed E-state index contributed by atoms with van der Waals surface area (Å²) in [7, 11) is 0. The Bertz CT molecular complexity index is 708. The molecule has 0 aliphatic heterocycles. The van der Waals surface area contributed by atoms with E-state index in [2.05, 4.69) is 51.7 Å². The van der Waals surface area contributed by atoms with E-state index in [1.807, 2.05) is 24.4 Å². The van der Waals surface area contributed by atoms with Crippen molar-refractivity contribution in [1.82, 2.24) is 15.3 Å². The van der Waals surface area contributed by atoms with Gasteiger partial charge in [-0.15, -0.1) is 0 Å². The summed E-state index contributed by atoms with van der Waals surface area (Å²) in [6.45, 7) is 0.969. The van der Waals surface area contributed by atoms with Gasteiger partial charge in [0.2, 0.25) is 0 Å². The van der Waals surface area contributed by atoms with E-state index >= 15 is 0 Å². The van der Waals surface area contributed by atoms with Gasteiger partial charge in [-0.05, 0) is 49.1 Å². The molecule has 4 heteroatoms. The Kier molecular flexibility index (Phi) is 6.05. The van der Waals surface area contributed by atoms with Crippen LogP contribution in [0.1, 0.15) is 35.7 Å². The van der Waals surface area contributed by atoms with Crippen LogP contribution in [0.15, 0.2) is 67.1 Å². The normalized spacial score (nSPS) is 12.2. The van der Waals surface area contributed by atoms with Crippen molar-refractivity contribution in [3.8, 4) is 0 Å². The van der Waals surface area contributed by atoms with Gasteiger partial charge in [-0.2, -0.15) is 0 Å². The molecule has 3 rings (SSSR count). The van der Waals surface area contributed by atoms with Crippen molar-refractivity contribution in [2.75, 3.05) is 6.54 Å². The quantitative estimate of drug-likeness (QED) is 0.581. The van der Waals surface area contributed by atoms with Crippen molar-refractivity contribution in [1.29, 1.82) is 0 Å². The molecule has 2 N–H and O–H groups in total. The lowest BCUT2D eigenvalue weighted by Gasteiger charge is -2.20. The van der Waals surface area contributed by atoms with E-state index in [0.717, 1.165) is 30.8 Å². The summed E-state index contributed by atoms with van der Waals surface area (Å²) in [5.74, 6) is 0. The summed E-state index contributed by atoms with van der Waals surface area (Å²) in [5, 5.41) is 4.45. The molecule has 0 aliphatic rings. The fraction of sp³-hybridized carbons (Fsp3) is 0.250. The van der Waals surface area contributed by atoms with Crippen LogP contribution in [-0.2, 0) is 6.42 Å². The van der Waals surface area contributed by atoms with Gasteiger partial charge in [0.1, 0.15) is 0 Å². The van der Waals surface area contributed by atoms with Crippen LogP contribution in [0.3, 0.4) is 0 Å². The molecule has 124 valence electrons. The Hall–Kier alpha value is -2.10. The number of nitrogens with one attached hydrogen (secondary N) is 2. The summed E-state index contributed by atoms with van der Waals surface area (Å²) in [5.41, 5.74) is 3.71. The van der Waals surface area contributed by atoms with Crippen LogP contribution in [0.4, 0.5) is 0 Å². The monoisotopic (exact) mass is 339 g/mol. The molecule has 1 unspecified atom stereocenters. The first kappa shape index (κ1) is 16.7. The zero-order valence-electron chi connectivity index (χ0n) is 13.6. The molecule has 1 heterocycles. The van der Waals surface area contributed by atoms with Gasteiger partial charge in [-0.25, -0.2) is 4.98 Å². The highest BCUT2D eigenvalue weighted by atomic mass is 35.5. The molecule has 24 heavy (non-hydrogen) atoms. The number of aromatic amines is 1. The number of rotatable bonds is 8. The van der Waals surface area contributed by atoms with Crippen molar-refractivity contribution < 1.29 is 0 Å². The zero-order valence-corrected chi connectivity index (χ0v) is 14.3. The van der Waals surface area contributed by atoms with Crippen LogP contribution in [0.25, 0.3) is 0 Å². The van der Waals surface area contributed by atoms with Gasteiger partial charge in [0, 0.05) is 16.9 Å². The Labute approximate surface area is 148 Å². The molecule has 3 aromatic rings. The molecular weight excluding hydrogens is 318 g/mol. The van der Waals surface area contributed by atoms with E-state index in [0.29, 0.717) is 0 Å². The molecular formula is C20H22ClN3. The molecule has 0 fully saturated rings. The summed E-state index contributed by atoms with van der Waals surface area (Å²) in [4.78, 5) is 7.20. The first-order valence-corrected chi connectivity index (χ1v) is 8.72. The number of hydrogen-bond donors (Lipinski definition) is 2. The first-order valence-electron chi connectivity index (χ1n) is 8.34. The average molecular weight is 340 g/mol. The fourth-order valence-corrected chi connectivity index (χ4v) is 2.96. The number of nitrogens with zero attached hydrogens (tertiary/aromatic N) is 1. The van der Waals surface area contributed by atoms with Crippen LogP contribution < -0.4 is 5.32 Å². The molecule has 0 amide bonds. The van der Waals surface area contributed by atoms with E-state index in [9.17, 15) is 0 Å². The maximum atomic E-state index is 6.03. The zero-order chi connectivity index (χ0) is 16.6. The highest BCUT2D eigenvalue weighted by Gasteiger charge is 2.12. The highest BCUT2D eigenvalue weighted by molar-refractivity contribution is 6.30. The predicted molar refractivity (Wildman–Crippen MR) is 99.3 cm³/mol. The summed E-state index contributed by atoms with van der Waals surface area (Å²) in [6, 6.07) is 18.8.